The summed E-state index contributed by atoms with van der Waals surface area (Å²) in [6, 6.07) is 4.30. The maximum Gasteiger partial charge on any atom is 0.283 e. The highest BCUT2D eigenvalue weighted by atomic mass is 35.5. The topological polar surface area (TPSA) is 107 Å². The Balaban J connectivity index is 2.55. The fraction of sp³-hybridized carbons (Fsp3) is 0. The number of nitro benzene ring substituents is 1. The number of nitrogens with zero attached hydrogens (tertiary/aromatic N) is 2. The van der Waals surface area contributed by atoms with Crippen molar-refractivity contribution in [3.8, 4) is 0 Å². The van der Waals surface area contributed by atoms with E-state index in [0.29, 0.717) is 0 Å². The highest BCUT2D eigenvalue weighted by molar-refractivity contribution is 7.90. The van der Waals surface area contributed by atoms with Gasteiger partial charge < -0.3 is 0 Å². The summed E-state index contributed by atoms with van der Waals surface area (Å²) >= 11 is 17.1. The third kappa shape index (κ3) is 3.61. The van der Waals surface area contributed by atoms with Crippen LogP contribution in [0.4, 0.5) is 5.69 Å². The molecular formula is C12H5Cl3N2O5S. The van der Waals surface area contributed by atoms with Crippen molar-refractivity contribution in [2.24, 2.45) is 4.40 Å². The summed E-state index contributed by atoms with van der Waals surface area (Å²) in [5.74, 6) is -0.759. The van der Waals surface area contributed by atoms with E-state index in [4.69, 9.17) is 34.8 Å². The van der Waals surface area contributed by atoms with Gasteiger partial charge in [0.05, 0.1) is 25.6 Å². The summed E-state index contributed by atoms with van der Waals surface area (Å²) in [5, 5.41) is 9.51. The van der Waals surface area contributed by atoms with Gasteiger partial charge in [-0.2, -0.15) is 12.8 Å². The number of sulfonamides is 1. The summed E-state index contributed by atoms with van der Waals surface area (Å²) in [5.41, 5.74) is -0.758. The highest BCUT2D eigenvalue weighted by Gasteiger charge is 2.26. The molecule has 0 fully saturated rings. The van der Waals surface area contributed by atoms with Crippen LogP contribution >= 0.6 is 34.8 Å². The smallest absolute Gasteiger partial charge is 0.283 e. The van der Waals surface area contributed by atoms with Gasteiger partial charge in [-0.15, -0.1) is 0 Å². The van der Waals surface area contributed by atoms with Gasteiger partial charge in [-0.3, -0.25) is 14.9 Å². The summed E-state index contributed by atoms with van der Waals surface area (Å²) in [6.07, 6.45) is 0.951. The van der Waals surface area contributed by atoms with Gasteiger partial charge in [0.1, 0.15) is 5.03 Å². The summed E-state index contributed by atoms with van der Waals surface area (Å²) in [7, 11) is -4.32. The first kappa shape index (κ1) is 17.6. The van der Waals surface area contributed by atoms with Gasteiger partial charge in [0.2, 0.25) is 5.78 Å². The standard InChI is InChI=1S/C12H5Cl3N2O5S/c13-8-5-9(10(14)11(15)12(8)18)16-23(21,22)7-3-1-2-6(4-7)17(19)20/h1-5H. The number of ketones is 1. The van der Waals surface area contributed by atoms with Gasteiger partial charge in [0, 0.05) is 12.1 Å². The molecule has 1 aliphatic carbocycles. The molecule has 1 aliphatic rings. The highest BCUT2D eigenvalue weighted by Crippen LogP contribution is 2.29. The molecule has 23 heavy (non-hydrogen) atoms. The van der Waals surface area contributed by atoms with Crippen molar-refractivity contribution < 1.29 is 18.1 Å². The molecule has 0 radical (unpaired) electrons. The molecule has 120 valence electrons. The largest absolute Gasteiger partial charge is 0.287 e. The van der Waals surface area contributed by atoms with Crippen LogP contribution in [-0.4, -0.2) is 24.8 Å². The lowest BCUT2D eigenvalue weighted by Gasteiger charge is -2.10. The molecule has 2 rings (SSSR count). The number of hydrogen-bond acceptors (Lipinski definition) is 5. The van der Waals surface area contributed by atoms with Gasteiger partial charge in [0.15, 0.2) is 0 Å². The maximum atomic E-state index is 12.2. The van der Waals surface area contributed by atoms with E-state index in [1.807, 2.05) is 0 Å². The number of carbonyl (C=O) groups excluding carboxylic acids is 1. The first-order valence-electron chi connectivity index (χ1n) is 5.70. The number of Topliss-reactive ketones (excluding diaryl/α,β-unsaturated/α-hetero) is 1. The quantitative estimate of drug-likeness (QED) is 0.444. The zero-order valence-electron chi connectivity index (χ0n) is 10.9. The molecule has 0 aromatic heterocycles. The predicted molar refractivity (Wildman–Crippen MR) is 85.4 cm³/mol. The third-order valence-corrected chi connectivity index (χ3v) is 5.05. The van der Waals surface area contributed by atoms with E-state index in [1.54, 1.807) is 0 Å². The molecule has 0 spiro atoms. The molecule has 0 saturated carbocycles. The fourth-order valence-corrected chi connectivity index (χ4v) is 3.28. The van der Waals surface area contributed by atoms with Crippen molar-refractivity contribution in [2.75, 3.05) is 0 Å². The molecule has 0 N–H and O–H groups in total. The van der Waals surface area contributed by atoms with Gasteiger partial charge in [-0.05, 0) is 12.1 Å². The van der Waals surface area contributed by atoms with Crippen LogP contribution in [0.25, 0.3) is 0 Å². The second kappa shape index (κ2) is 6.40. The van der Waals surface area contributed by atoms with E-state index < -0.39 is 36.3 Å². The lowest BCUT2D eigenvalue weighted by molar-refractivity contribution is -0.385. The molecule has 7 nitrogen and oxygen atoms in total. The zero-order chi connectivity index (χ0) is 17.4. The second-order valence-corrected chi connectivity index (χ2v) is 6.92. The Hall–Kier alpha value is -1.74. The molecule has 0 unspecified atom stereocenters. The lowest BCUT2D eigenvalue weighted by Crippen LogP contribution is -2.13. The first-order valence-corrected chi connectivity index (χ1v) is 8.28. The van der Waals surface area contributed by atoms with Crippen molar-refractivity contribution in [3.05, 3.63) is 55.6 Å². The Morgan fingerprint density at radius 2 is 1.78 bits per heavy atom. The minimum Gasteiger partial charge on any atom is -0.287 e. The Morgan fingerprint density at radius 1 is 1.13 bits per heavy atom. The average Bonchev–Trinajstić information content (AvgIpc) is 2.50. The Bertz CT molecular complexity index is 918. The van der Waals surface area contributed by atoms with Crippen molar-refractivity contribution in [2.45, 2.75) is 4.90 Å². The van der Waals surface area contributed by atoms with Crippen LogP contribution in [0.1, 0.15) is 0 Å². The van der Waals surface area contributed by atoms with Gasteiger partial charge in [-0.1, -0.05) is 40.9 Å². The van der Waals surface area contributed by atoms with Crippen molar-refractivity contribution in [3.63, 3.8) is 0 Å². The predicted octanol–water partition coefficient (Wildman–Crippen LogP) is 3.12. The average molecular weight is 396 g/mol. The number of carbonyl (C=O) groups is 1. The lowest BCUT2D eigenvalue weighted by atomic mass is 10.1. The van der Waals surface area contributed by atoms with Crippen LogP contribution < -0.4 is 0 Å². The van der Waals surface area contributed by atoms with Gasteiger partial charge >= 0.3 is 0 Å². The minimum atomic E-state index is -4.32. The van der Waals surface area contributed by atoms with Crippen molar-refractivity contribution in [1.82, 2.24) is 0 Å². The molecule has 1 aromatic rings. The van der Waals surface area contributed by atoms with Gasteiger partial charge in [-0.25, -0.2) is 0 Å². The zero-order valence-corrected chi connectivity index (χ0v) is 13.9. The molecule has 11 heteroatoms. The monoisotopic (exact) mass is 394 g/mol. The number of allylic oxidation sites excluding steroid dienone is 4. The van der Waals surface area contributed by atoms with E-state index in [9.17, 15) is 23.3 Å². The molecule has 0 saturated heterocycles. The number of nitro groups is 1. The normalized spacial score (nSPS) is 17.4. The number of hydrogen-bond donors (Lipinski definition) is 0. The number of benzene rings is 1. The van der Waals surface area contributed by atoms with Crippen LogP contribution in [0.2, 0.25) is 0 Å². The molecule has 0 aliphatic heterocycles. The van der Waals surface area contributed by atoms with Crippen LogP contribution in [0, 0.1) is 10.1 Å². The van der Waals surface area contributed by atoms with E-state index in [-0.39, 0.29) is 15.8 Å². The second-order valence-electron chi connectivity index (χ2n) is 4.16. The molecule has 0 heterocycles. The minimum absolute atomic E-state index is 0.340. The fourth-order valence-electron chi connectivity index (χ4n) is 1.57. The summed E-state index contributed by atoms with van der Waals surface area (Å²) in [6.45, 7) is 0. The van der Waals surface area contributed by atoms with E-state index in [1.165, 1.54) is 6.07 Å². The SMILES string of the molecule is O=C1C(Cl)=CC(=NS(=O)(=O)c2cccc([N+](=O)[O-])c2)C(Cl)=C1Cl. The molecule has 0 amide bonds. The molecule has 0 bridgehead atoms. The Labute approximate surface area is 145 Å². The molecule has 0 atom stereocenters. The van der Waals surface area contributed by atoms with Crippen LogP contribution in [0.15, 0.2) is 54.7 Å². The van der Waals surface area contributed by atoms with E-state index in [0.717, 1.165) is 24.3 Å². The van der Waals surface area contributed by atoms with Crippen LogP contribution in [0.5, 0.6) is 0 Å². The van der Waals surface area contributed by atoms with E-state index in [2.05, 4.69) is 4.40 Å². The molecule has 1 aromatic carbocycles. The summed E-state index contributed by atoms with van der Waals surface area (Å²) < 4.78 is 27.9. The summed E-state index contributed by atoms with van der Waals surface area (Å²) in [4.78, 5) is 21.0. The van der Waals surface area contributed by atoms with Crippen molar-refractivity contribution >= 4 is 62.0 Å². The molecular weight excluding hydrogens is 391 g/mol. The number of non-ortho nitro benzene ring substituents is 1. The van der Waals surface area contributed by atoms with Crippen molar-refractivity contribution in [1.29, 1.82) is 0 Å². The Kier molecular flexibility index (Phi) is 4.90. The Morgan fingerprint density at radius 3 is 2.39 bits per heavy atom. The number of halogens is 3. The maximum absolute atomic E-state index is 12.2. The van der Waals surface area contributed by atoms with Crippen LogP contribution in [0.3, 0.4) is 0 Å². The van der Waals surface area contributed by atoms with E-state index >= 15 is 0 Å². The third-order valence-electron chi connectivity index (χ3n) is 2.64. The van der Waals surface area contributed by atoms with Gasteiger partial charge in [0.25, 0.3) is 15.7 Å². The van der Waals surface area contributed by atoms with Crippen LogP contribution in [-0.2, 0) is 14.8 Å². The first-order chi connectivity index (χ1) is 10.6. The number of rotatable bonds is 3.